The van der Waals surface area contributed by atoms with Crippen molar-refractivity contribution in [3.63, 3.8) is 0 Å². The molecular weight excluding hydrogens is 376 g/mol. The van der Waals surface area contributed by atoms with Crippen LogP contribution in [0.1, 0.15) is 65.5 Å². The van der Waals surface area contributed by atoms with Crippen LogP contribution < -0.4 is 10.1 Å². The molecule has 1 aliphatic rings. The van der Waals surface area contributed by atoms with E-state index in [-0.39, 0.29) is 18.4 Å². The lowest BCUT2D eigenvalue weighted by Crippen LogP contribution is -2.22. The van der Waals surface area contributed by atoms with Crippen LogP contribution >= 0.6 is 0 Å². The summed E-state index contributed by atoms with van der Waals surface area (Å²) in [6.45, 7) is 17.8. The molecule has 0 bridgehead atoms. The Morgan fingerprint density at radius 2 is 1.90 bits per heavy atom. The highest BCUT2D eigenvalue weighted by Gasteiger charge is 2.24. The second kappa shape index (κ2) is 20.1. The number of carboxylic acid groups (broad SMARTS) is 1. The molecule has 2 atom stereocenters. The van der Waals surface area contributed by atoms with E-state index in [0.717, 1.165) is 29.8 Å². The van der Waals surface area contributed by atoms with Crippen molar-refractivity contribution in [2.45, 2.75) is 73.3 Å². The van der Waals surface area contributed by atoms with Crippen molar-refractivity contribution in [3.8, 4) is 5.75 Å². The quantitative estimate of drug-likeness (QED) is 0.466. The van der Waals surface area contributed by atoms with Crippen molar-refractivity contribution in [2.75, 3.05) is 20.2 Å². The van der Waals surface area contributed by atoms with Gasteiger partial charge in [0.1, 0.15) is 5.75 Å². The Kier molecular flexibility index (Phi) is 20.2. The number of fused-ring (bicyclic) bond motifs is 1. The lowest BCUT2D eigenvalue weighted by atomic mass is 9.94. The van der Waals surface area contributed by atoms with Crippen LogP contribution in [0.2, 0.25) is 0 Å². The topological polar surface area (TPSA) is 70.9 Å². The molecule has 0 saturated heterocycles. The third-order valence-electron chi connectivity index (χ3n) is 4.33. The number of nitrogens with zero attached hydrogens (tertiary/aromatic N) is 1. The summed E-state index contributed by atoms with van der Waals surface area (Å²) < 4.78 is 5.80. The van der Waals surface area contributed by atoms with E-state index in [0.29, 0.717) is 6.61 Å². The number of aliphatic carboxylic acids is 1. The highest BCUT2D eigenvalue weighted by Crippen LogP contribution is 2.29. The third-order valence-corrected chi connectivity index (χ3v) is 4.33. The molecule has 0 radical (unpaired) electrons. The Labute approximate surface area is 184 Å². The maximum Gasteiger partial charge on any atom is 0.307 e. The number of unbranched alkanes of at least 4 members (excludes halogenated alkanes) is 1. The summed E-state index contributed by atoms with van der Waals surface area (Å²) >= 11 is 0. The van der Waals surface area contributed by atoms with Gasteiger partial charge in [0.2, 0.25) is 0 Å². The van der Waals surface area contributed by atoms with Crippen molar-refractivity contribution in [2.24, 2.45) is 10.9 Å². The molecule has 1 aromatic rings. The number of aliphatic imine (C=N–C) groups is 1. The van der Waals surface area contributed by atoms with E-state index in [9.17, 15) is 4.79 Å². The molecule has 0 fully saturated rings. The van der Waals surface area contributed by atoms with Gasteiger partial charge >= 0.3 is 5.97 Å². The number of carboxylic acids is 1. The summed E-state index contributed by atoms with van der Waals surface area (Å²) in [5.74, 6) is 0.160. The van der Waals surface area contributed by atoms with Gasteiger partial charge in [-0.05, 0) is 50.3 Å². The third kappa shape index (κ3) is 13.2. The molecular formula is C25H44N2O3. The first kappa shape index (κ1) is 30.1. The maximum atomic E-state index is 10.8. The molecule has 0 aliphatic carbocycles. The fraction of sp³-hybridized carbons (Fsp3) is 0.600. The normalized spacial score (nSPS) is 16.8. The molecule has 5 nitrogen and oxygen atoms in total. The molecule has 0 aromatic heterocycles. The zero-order valence-electron chi connectivity index (χ0n) is 20.2. The van der Waals surface area contributed by atoms with Crippen LogP contribution in [0, 0.1) is 5.92 Å². The van der Waals surface area contributed by atoms with Crippen molar-refractivity contribution in [1.82, 2.24) is 5.32 Å². The maximum absolute atomic E-state index is 10.8. The van der Waals surface area contributed by atoms with E-state index < -0.39 is 5.97 Å². The predicted octanol–water partition coefficient (Wildman–Crippen LogP) is 5.57. The van der Waals surface area contributed by atoms with Gasteiger partial charge < -0.3 is 15.2 Å². The van der Waals surface area contributed by atoms with Crippen LogP contribution in [0.15, 0.2) is 35.8 Å². The smallest absolute Gasteiger partial charge is 0.307 e. The fourth-order valence-electron chi connectivity index (χ4n) is 2.47. The van der Waals surface area contributed by atoms with Crippen LogP contribution in [-0.4, -0.2) is 43.5 Å². The number of ether oxygens (including phenoxy) is 1. The molecule has 2 rings (SSSR count). The monoisotopic (exact) mass is 420 g/mol. The van der Waals surface area contributed by atoms with Crippen molar-refractivity contribution in [1.29, 1.82) is 0 Å². The Balaban J connectivity index is 0. The fourth-order valence-corrected chi connectivity index (χ4v) is 2.47. The van der Waals surface area contributed by atoms with Crippen LogP contribution in [-0.2, 0) is 17.6 Å². The Bertz CT molecular complexity index is 592. The van der Waals surface area contributed by atoms with Gasteiger partial charge in [0.25, 0.3) is 0 Å². The van der Waals surface area contributed by atoms with Crippen LogP contribution in [0.3, 0.4) is 0 Å². The van der Waals surface area contributed by atoms with Gasteiger partial charge in [-0.2, -0.15) is 0 Å². The second-order valence-corrected chi connectivity index (χ2v) is 6.61. The molecule has 30 heavy (non-hydrogen) atoms. The van der Waals surface area contributed by atoms with Crippen LogP contribution in [0.4, 0.5) is 0 Å². The van der Waals surface area contributed by atoms with Gasteiger partial charge in [0.05, 0.1) is 19.1 Å². The minimum absolute atomic E-state index is 0.0277. The van der Waals surface area contributed by atoms with E-state index in [1.165, 1.54) is 12.8 Å². The molecule has 1 aromatic carbocycles. The van der Waals surface area contributed by atoms with E-state index in [4.69, 9.17) is 9.84 Å². The summed E-state index contributed by atoms with van der Waals surface area (Å²) in [7, 11) is 1.93. The Morgan fingerprint density at radius 3 is 2.33 bits per heavy atom. The van der Waals surface area contributed by atoms with E-state index in [2.05, 4.69) is 37.7 Å². The number of hydrogen-bond donors (Lipinski definition) is 2. The summed E-state index contributed by atoms with van der Waals surface area (Å²) in [6, 6.07) is 5.66. The van der Waals surface area contributed by atoms with E-state index in [1.807, 2.05) is 46.0 Å². The van der Waals surface area contributed by atoms with E-state index >= 15 is 0 Å². The van der Waals surface area contributed by atoms with Crippen molar-refractivity contribution in [3.05, 3.63) is 42.0 Å². The molecule has 1 aliphatic heterocycles. The number of hydrogen-bond acceptors (Lipinski definition) is 4. The molecule has 172 valence electrons. The van der Waals surface area contributed by atoms with Crippen molar-refractivity contribution < 1.29 is 14.6 Å². The average molecular weight is 421 g/mol. The van der Waals surface area contributed by atoms with Crippen LogP contribution in [0.25, 0.3) is 0 Å². The molecule has 5 heteroatoms. The highest BCUT2D eigenvalue weighted by atomic mass is 16.5. The molecule has 0 spiro atoms. The first-order valence-corrected chi connectivity index (χ1v) is 11.2. The minimum Gasteiger partial charge on any atom is -0.493 e. The molecule has 1 heterocycles. The lowest BCUT2D eigenvalue weighted by Gasteiger charge is -2.16. The first-order chi connectivity index (χ1) is 14.5. The second-order valence-electron chi connectivity index (χ2n) is 6.61. The summed E-state index contributed by atoms with van der Waals surface area (Å²) in [5.41, 5.74) is 1.81. The lowest BCUT2D eigenvalue weighted by molar-refractivity contribution is -0.136. The minimum atomic E-state index is -0.827. The van der Waals surface area contributed by atoms with Gasteiger partial charge in [0, 0.05) is 5.92 Å². The number of carbonyl (C=O) groups is 1. The SMILES string of the molecule is C=CC1COc2ccc(CC(=O)O)cc2CC1N=CC.CC.CCCC.CCNC. The summed E-state index contributed by atoms with van der Waals surface area (Å²) in [4.78, 5) is 15.3. The van der Waals surface area contributed by atoms with E-state index in [1.54, 1.807) is 12.3 Å². The summed E-state index contributed by atoms with van der Waals surface area (Å²) in [6.07, 6.45) is 7.08. The number of rotatable bonds is 6. The van der Waals surface area contributed by atoms with Gasteiger partial charge in [-0.1, -0.05) is 65.7 Å². The van der Waals surface area contributed by atoms with Gasteiger partial charge in [-0.15, -0.1) is 6.58 Å². The highest BCUT2D eigenvalue weighted by molar-refractivity contribution is 5.70. The number of nitrogens with one attached hydrogen (secondary N) is 1. The van der Waals surface area contributed by atoms with Gasteiger partial charge in [0.15, 0.2) is 0 Å². The largest absolute Gasteiger partial charge is 0.493 e. The van der Waals surface area contributed by atoms with Gasteiger partial charge in [-0.3, -0.25) is 9.79 Å². The Hall–Kier alpha value is -2.14. The molecule has 2 unspecified atom stereocenters. The summed E-state index contributed by atoms with van der Waals surface area (Å²) in [5, 5.41) is 11.8. The van der Waals surface area contributed by atoms with Crippen LogP contribution in [0.5, 0.6) is 5.75 Å². The first-order valence-electron chi connectivity index (χ1n) is 11.2. The zero-order valence-corrected chi connectivity index (χ0v) is 20.2. The number of benzene rings is 1. The van der Waals surface area contributed by atoms with Crippen molar-refractivity contribution >= 4 is 12.2 Å². The Morgan fingerprint density at radius 1 is 1.30 bits per heavy atom. The standard InChI is InChI=1S/C16H19NO3.C4H10.C3H9N.C2H6/c1-3-12-10-20-15-6-5-11(8-16(18)19)7-13(15)9-14(12)17-4-2;2*1-3-4-2;1-2/h3-7,12,14H,1,8-10H2,2H3,(H,18,19);3-4H2,1-2H3;4H,3H2,1-2H3;1-2H3. The van der Waals surface area contributed by atoms with Gasteiger partial charge in [-0.25, -0.2) is 0 Å². The average Bonchev–Trinajstić information content (AvgIpc) is 2.93. The zero-order chi connectivity index (χ0) is 23.4. The molecule has 2 N–H and O–H groups in total. The molecule has 0 amide bonds. The predicted molar refractivity (Wildman–Crippen MR) is 130 cm³/mol. The molecule has 0 saturated carbocycles.